The van der Waals surface area contributed by atoms with Crippen LogP contribution in [0, 0.1) is 45.6 Å². The highest BCUT2D eigenvalue weighted by molar-refractivity contribution is 6.05. The van der Waals surface area contributed by atoms with E-state index in [1.807, 2.05) is 0 Å². The van der Waals surface area contributed by atoms with Crippen LogP contribution in [0.4, 0.5) is 34.1 Å². The predicted octanol–water partition coefficient (Wildman–Crippen LogP) is 12.0. The lowest BCUT2D eigenvalue weighted by Crippen LogP contribution is -2.10. The van der Waals surface area contributed by atoms with Gasteiger partial charge in [0.05, 0.1) is 12.6 Å². The van der Waals surface area contributed by atoms with Crippen molar-refractivity contribution in [2.24, 2.45) is 0 Å². The second-order valence-electron chi connectivity index (χ2n) is 12.4. The fourth-order valence-corrected chi connectivity index (χ4v) is 6.43. The molecule has 230 valence electrons. The molecule has 0 heterocycles. The molecule has 0 unspecified atom stereocenters. The van der Waals surface area contributed by atoms with Crippen LogP contribution in [0.2, 0.25) is 0 Å². The van der Waals surface area contributed by atoms with E-state index < -0.39 is 0 Å². The molecular formula is C44H34N4. The topological polar surface area (TPSA) is 34.6 Å². The van der Waals surface area contributed by atoms with Gasteiger partial charge in [-0.1, -0.05) is 82.9 Å². The molecule has 4 nitrogen and oxygen atoms in total. The van der Waals surface area contributed by atoms with Crippen molar-refractivity contribution in [1.82, 2.24) is 0 Å². The van der Waals surface area contributed by atoms with Gasteiger partial charge in [-0.15, -0.1) is 0 Å². The van der Waals surface area contributed by atoms with E-state index >= 15 is 0 Å². The first-order chi connectivity index (χ1) is 23.3. The minimum absolute atomic E-state index is 0.0957. The molecule has 0 aliphatic heterocycles. The molecule has 0 bridgehead atoms. The lowest BCUT2D eigenvalue weighted by Gasteiger charge is -2.27. The lowest BCUT2D eigenvalue weighted by atomic mass is 10.0. The van der Waals surface area contributed by atoms with Crippen LogP contribution >= 0.6 is 0 Å². The van der Waals surface area contributed by atoms with Gasteiger partial charge in [0, 0.05) is 39.7 Å². The second-order valence-corrected chi connectivity index (χ2v) is 12.4. The van der Waals surface area contributed by atoms with Crippen LogP contribution in [0.1, 0.15) is 33.4 Å². The highest BCUT2D eigenvalue weighted by Gasteiger charge is 2.29. The Labute approximate surface area is 282 Å². The Morgan fingerprint density at radius 1 is 0.458 bits per heavy atom. The summed E-state index contributed by atoms with van der Waals surface area (Å²) < 4.78 is 0. The number of hydrogen-bond acceptors (Lipinski definition) is 3. The molecule has 0 fully saturated rings. The summed E-state index contributed by atoms with van der Waals surface area (Å²) in [6, 6.07) is 49.1. The average molecular weight is 619 g/mol. The summed E-state index contributed by atoms with van der Waals surface area (Å²) in [6.07, 6.45) is 0. The fourth-order valence-electron chi connectivity index (χ4n) is 6.43. The molecule has 0 saturated heterocycles. The van der Waals surface area contributed by atoms with Crippen molar-refractivity contribution < 1.29 is 0 Å². The van der Waals surface area contributed by atoms with Crippen molar-refractivity contribution in [3.05, 3.63) is 184 Å². The molecule has 4 heteroatoms. The zero-order valence-electron chi connectivity index (χ0n) is 27.5. The van der Waals surface area contributed by atoms with Gasteiger partial charge in [0.2, 0.25) is 0 Å². The molecule has 0 atom stereocenters. The maximum Gasteiger partial charge on any atom is 0.270 e. The van der Waals surface area contributed by atoms with Gasteiger partial charge in [-0.3, -0.25) is 0 Å². The molecule has 1 aliphatic carbocycles. The van der Waals surface area contributed by atoms with Crippen LogP contribution in [0.15, 0.2) is 139 Å². The third-order valence-corrected chi connectivity index (χ3v) is 8.97. The molecule has 48 heavy (non-hydrogen) atoms. The largest absolute Gasteiger partial charge is 0.310 e. The summed E-state index contributed by atoms with van der Waals surface area (Å²) in [5.74, 6) is 0. The molecular weight excluding hydrogens is 585 g/mol. The van der Waals surface area contributed by atoms with E-state index in [2.05, 4.69) is 182 Å². The Hall–Kier alpha value is -6.36. The molecule has 0 aromatic heterocycles. The second kappa shape index (κ2) is 12.4. The minimum Gasteiger partial charge on any atom is -0.310 e. The third kappa shape index (κ3) is 5.51. The van der Waals surface area contributed by atoms with Gasteiger partial charge in [0.15, 0.2) is 0 Å². The quantitative estimate of drug-likeness (QED) is 0.137. The summed E-state index contributed by atoms with van der Waals surface area (Å²) in [5.41, 5.74) is 15.5. The van der Waals surface area contributed by atoms with Crippen LogP contribution in [0.25, 0.3) is 21.5 Å². The highest BCUT2D eigenvalue weighted by Crippen LogP contribution is 2.50. The number of rotatable bonds is 6. The Bertz CT molecular complexity index is 2010. The van der Waals surface area contributed by atoms with Crippen molar-refractivity contribution >= 4 is 39.7 Å². The summed E-state index contributed by atoms with van der Waals surface area (Å²) in [7, 11) is 0. The Morgan fingerprint density at radius 3 is 1.02 bits per heavy atom. The monoisotopic (exact) mass is 618 g/mol. The molecule has 6 aromatic carbocycles. The van der Waals surface area contributed by atoms with E-state index in [4.69, 9.17) is 6.57 Å². The normalized spacial score (nSPS) is 11.2. The van der Waals surface area contributed by atoms with Crippen molar-refractivity contribution in [1.29, 1.82) is 5.26 Å². The molecule has 7 rings (SSSR count). The minimum atomic E-state index is 0.0957. The molecule has 0 saturated carbocycles. The first kappa shape index (κ1) is 30.3. The number of nitriles is 1. The average Bonchev–Trinajstić information content (AvgIpc) is 3.42. The van der Waals surface area contributed by atoms with Gasteiger partial charge in [-0.2, -0.15) is 0 Å². The number of anilines is 6. The summed E-state index contributed by atoms with van der Waals surface area (Å²) in [6.45, 7) is 16.3. The number of benzene rings is 6. The Kier molecular flexibility index (Phi) is 7.85. The van der Waals surface area contributed by atoms with Gasteiger partial charge in [0.1, 0.15) is 0 Å². The SMILES string of the molecule is [C-]#[N+]C(C#N)=C1c2ccc(N(c3ccc(C)cc3)c3ccc(C)cc3)cc2-c2cc(N(c3ccc(C)cc3)c3ccc(C)cc3)ccc21. The third-order valence-electron chi connectivity index (χ3n) is 8.97. The summed E-state index contributed by atoms with van der Waals surface area (Å²) in [5, 5.41) is 10.1. The zero-order valence-corrected chi connectivity index (χ0v) is 27.5. The molecule has 0 spiro atoms. The number of hydrogen-bond donors (Lipinski definition) is 0. The van der Waals surface area contributed by atoms with Gasteiger partial charge in [-0.25, -0.2) is 10.1 Å². The maximum atomic E-state index is 10.1. The summed E-state index contributed by atoms with van der Waals surface area (Å²) in [4.78, 5) is 8.19. The van der Waals surface area contributed by atoms with E-state index in [9.17, 15) is 5.26 Å². The van der Waals surface area contributed by atoms with E-state index in [1.165, 1.54) is 22.3 Å². The lowest BCUT2D eigenvalue weighted by molar-refractivity contribution is 1.26. The summed E-state index contributed by atoms with van der Waals surface area (Å²) >= 11 is 0. The molecule has 6 aromatic rings. The van der Waals surface area contributed by atoms with Gasteiger partial charge >= 0.3 is 0 Å². The van der Waals surface area contributed by atoms with Crippen LogP contribution < -0.4 is 9.80 Å². The Morgan fingerprint density at radius 2 is 0.750 bits per heavy atom. The van der Waals surface area contributed by atoms with Gasteiger partial charge < -0.3 is 9.80 Å². The highest BCUT2D eigenvalue weighted by atomic mass is 15.1. The number of aryl methyl sites for hydroxylation is 4. The van der Waals surface area contributed by atoms with Gasteiger partial charge in [0.25, 0.3) is 5.70 Å². The predicted molar refractivity (Wildman–Crippen MR) is 198 cm³/mol. The first-order valence-electron chi connectivity index (χ1n) is 16.0. The van der Waals surface area contributed by atoms with E-state index in [-0.39, 0.29) is 5.70 Å². The van der Waals surface area contributed by atoms with Crippen molar-refractivity contribution in [2.45, 2.75) is 27.7 Å². The smallest absolute Gasteiger partial charge is 0.270 e. The van der Waals surface area contributed by atoms with Crippen LogP contribution in [-0.4, -0.2) is 0 Å². The van der Waals surface area contributed by atoms with Crippen LogP contribution in [0.5, 0.6) is 0 Å². The number of allylic oxidation sites excluding steroid dienone is 1. The zero-order chi connectivity index (χ0) is 33.4. The van der Waals surface area contributed by atoms with Gasteiger partial charge in [-0.05, 0) is 123 Å². The van der Waals surface area contributed by atoms with E-state index in [0.717, 1.165) is 56.4 Å². The molecule has 0 N–H and O–H groups in total. The van der Waals surface area contributed by atoms with Crippen molar-refractivity contribution in [3.8, 4) is 17.2 Å². The van der Waals surface area contributed by atoms with E-state index in [1.54, 1.807) is 0 Å². The van der Waals surface area contributed by atoms with Crippen molar-refractivity contribution in [3.63, 3.8) is 0 Å². The van der Waals surface area contributed by atoms with Crippen molar-refractivity contribution in [2.75, 3.05) is 9.80 Å². The van der Waals surface area contributed by atoms with Crippen LogP contribution in [0.3, 0.4) is 0 Å². The first-order valence-corrected chi connectivity index (χ1v) is 16.0. The maximum absolute atomic E-state index is 10.1. The Balaban J connectivity index is 1.45. The molecule has 0 amide bonds. The standard InChI is InChI=1S/C44H34N4/c1-29-6-14-33(15-7-29)47(34-16-8-30(2)9-17-34)37-22-24-39-41(26-37)42-27-38(23-25-40(42)44(39)43(28-45)46-5)48(35-18-10-31(3)11-19-35)36-20-12-32(4)13-21-36/h6-27H,1-4H3. The van der Waals surface area contributed by atoms with Crippen LogP contribution in [-0.2, 0) is 0 Å². The number of nitrogens with zero attached hydrogens (tertiary/aromatic N) is 4. The molecule has 1 aliphatic rings. The molecule has 0 radical (unpaired) electrons. The van der Waals surface area contributed by atoms with E-state index in [0.29, 0.717) is 5.57 Å². The fraction of sp³-hybridized carbons (Fsp3) is 0.0909. The number of fused-ring (bicyclic) bond motifs is 3.